The lowest BCUT2D eigenvalue weighted by Gasteiger charge is -2.26. The summed E-state index contributed by atoms with van der Waals surface area (Å²) in [4.78, 5) is 11.8. The van der Waals surface area contributed by atoms with Gasteiger partial charge in [-0.2, -0.15) is 0 Å². The summed E-state index contributed by atoms with van der Waals surface area (Å²) in [5, 5.41) is 0. The van der Waals surface area contributed by atoms with E-state index in [-0.39, 0.29) is 17.3 Å². The number of carbonyl (C=O) groups is 1. The van der Waals surface area contributed by atoms with E-state index in [0.29, 0.717) is 6.61 Å². The van der Waals surface area contributed by atoms with E-state index in [9.17, 15) is 4.79 Å². The summed E-state index contributed by atoms with van der Waals surface area (Å²) in [5.41, 5.74) is 0.138. The van der Waals surface area contributed by atoms with E-state index in [1.165, 1.54) is 19.3 Å². The molecule has 1 saturated carbocycles. The minimum Gasteiger partial charge on any atom is -0.465 e. The van der Waals surface area contributed by atoms with Crippen LogP contribution < -0.4 is 0 Å². The van der Waals surface area contributed by atoms with Crippen LogP contribution in [0, 0.1) is 11.3 Å². The van der Waals surface area contributed by atoms with Crippen LogP contribution in [0.25, 0.3) is 0 Å². The third-order valence-corrected chi connectivity index (χ3v) is 3.47. The molecule has 0 aliphatic heterocycles. The van der Waals surface area contributed by atoms with E-state index < -0.39 is 0 Å². The molecule has 94 valence electrons. The van der Waals surface area contributed by atoms with E-state index in [1.54, 1.807) is 0 Å². The van der Waals surface area contributed by atoms with Gasteiger partial charge in [-0.25, -0.2) is 0 Å². The molecule has 0 heterocycles. The van der Waals surface area contributed by atoms with Gasteiger partial charge in [0.25, 0.3) is 0 Å². The molecule has 0 aromatic rings. The van der Waals surface area contributed by atoms with Gasteiger partial charge in [0.2, 0.25) is 0 Å². The number of rotatable bonds is 5. The van der Waals surface area contributed by atoms with Gasteiger partial charge in [-0.1, -0.05) is 46.5 Å². The highest BCUT2D eigenvalue weighted by molar-refractivity contribution is 5.72. The molecule has 0 radical (unpaired) electrons. The van der Waals surface area contributed by atoms with Crippen molar-refractivity contribution >= 4 is 5.97 Å². The Morgan fingerprint density at radius 1 is 1.25 bits per heavy atom. The Morgan fingerprint density at radius 2 is 1.88 bits per heavy atom. The molecule has 0 aromatic heterocycles. The van der Waals surface area contributed by atoms with Crippen LogP contribution >= 0.6 is 0 Å². The van der Waals surface area contributed by atoms with Gasteiger partial charge < -0.3 is 4.74 Å². The van der Waals surface area contributed by atoms with Crippen LogP contribution in [0.3, 0.4) is 0 Å². The Hall–Kier alpha value is -0.530. The summed E-state index contributed by atoms with van der Waals surface area (Å²) in [6.07, 6.45) is 8.00. The smallest absolute Gasteiger partial charge is 0.308 e. The molecule has 1 fully saturated rings. The van der Waals surface area contributed by atoms with Crippen LogP contribution in [-0.2, 0) is 9.53 Å². The third kappa shape index (κ3) is 4.54. The van der Waals surface area contributed by atoms with E-state index in [0.717, 1.165) is 25.7 Å². The van der Waals surface area contributed by atoms with Gasteiger partial charge in [-0.3, -0.25) is 4.79 Å². The first-order valence-corrected chi connectivity index (χ1v) is 6.72. The average Bonchev–Trinajstić information content (AvgIpc) is 2.27. The van der Waals surface area contributed by atoms with Crippen molar-refractivity contribution in [3.63, 3.8) is 0 Å². The Bertz CT molecular complexity index is 215. The fourth-order valence-electron chi connectivity index (χ4n) is 2.47. The van der Waals surface area contributed by atoms with Gasteiger partial charge in [-0.15, -0.1) is 0 Å². The summed E-state index contributed by atoms with van der Waals surface area (Å²) in [6.45, 7) is 7.09. The topological polar surface area (TPSA) is 26.3 Å². The quantitative estimate of drug-likeness (QED) is 0.664. The second-order valence-electron chi connectivity index (χ2n) is 5.86. The maximum atomic E-state index is 11.8. The molecule has 0 N–H and O–H groups in total. The second kappa shape index (κ2) is 6.27. The maximum Gasteiger partial charge on any atom is 0.308 e. The average molecular weight is 226 g/mol. The standard InChI is InChI=1S/C14H26O2/c1-4-10-14(2,3)11-16-13(15)12-8-6-5-7-9-12/h12H,4-11H2,1-3H3. The third-order valence-electron chi connectivity index (χ3n) is 3.47. The molecule has 0 saturated heterocycles. The van der Waals surface area contributed by atoms with Crippen LogP contribution in [0.2, 0.25) is 0 Å². The summed E-state index contributed by atoms with van der Waals surface area (Å²) in [7, 11) is 0. The predicted octanol–water partition coefficient (Wildman–Crippen LogP) is 3.94. The van der Waals surface area contributed by atoms with Crippen LogP contribution in [-0.4, -0.2) is 12.6 Å². The van der Waals surface area contributed by atoms with Gasteiger partial charge in [0.1, 0.15) is 0 Å². The Labute approximate surface area is 99.8 Å². The lowest BCUT2D eigenvalue weighted by atomic mass is 9.88. The minimum absolute atomic E-state index is 0.0453. The van der Waals surface area contributed by atoms with Crippen molar-refractivity contribution < 1.29 is 9.53 Å². The van der Waals surface area contributed by atoms with Crippen molar-refractivity contribution in [1.82, 2.24) is 0 Å². The van der Waals surface area contributed by atoms with Gasteiger partial charge in [0.05, 0.1) is 12.5 Å². The molecule has 0 unspecified atom stereocenters. The highest BCUT2D eigenvalue weighted by atomic mass is 16.5. The fraction of sp³-hybridized carbons (Fsp3) is 0.929. The molecule has 2 nitrogen and oxygen atoms in total. The number of hydrogen-bond acceptors (Lipinski definition) is 2. The molecule has 2 heteroatoms. The van der Waals surface area contributed by atoms with Crippen molar-refractivity contribution in [1.29, 1.82) is 0 Å². The first-order chi connectivity index (χ1) is 7.55. The first-order valence-electron chi connectivity index (χ1n) is 6.72. The lowest BCUT2D eigenvalue weighted by molar-refractivity contribution is -0.152. The number of carbonyl (C=O) groups excluding carboxylic acids is 1. The molecular weight excluding hydrogens is 200 g/mol. The molecule has 0 spiro atoms. The van der Waals surface area contributed by atoms with Gasteiger partial charge in [0, 0.05) is 0 Å². The van der Waals surface area contributed by atoms with Crippen LogP contribution in [0.4, 0.5) is 0 Å². The number of esters is 1. The van der Waals surface area contributed by atoms with Crippen molar-refractivity contribution in [3.8, 4) is 0 Å². The maximum absolute atomic E-state index is 11.8. The summed E-state index contributed by atoms with van der Waals surface area (Å²) in [5.74, 6) is 0.232. The van der Waals surface area contributed by atoms with Gasteiger partial charge in [-0.05, 0) is 24.7 Å². The largest absolute Gasteiger partial charge is 0.465 e. The Balaban J connectivity index is 2.28. The molecule has 0 atom stereocenters. The van der Waals surface area contributed by atoms with Crippen molar-refractivity contribution in [2.45, 2.75) is 65.7 Å². The normalized spacial score (nSPS) is 18.4. The molecule has 0 aromatic carbocycles. The minimum atomic E-state index is 0.0453. The molecular formula is C14H26O2. The zero-order valence-electron chi connectivity index (χ0n) is 11.1. The molecule has 0 amide bonds. The zero-order chi connectivity index (χ0) is 12.0. The molecule has 0 bridgehead atoms. The van der Waals surface area contributed by atoms with Crippen molar-refractivity contribution in [3.05, 3.63) is 0 Å². The Kier molecular flexibility index (Phi) is 5.30. The molecule has 1 rings (SSSR count). The molecule has 1 aliphatic carbocycles. The van der Waals surface area contributed by atoms with Gasteiger partial charge >= 0.3 is 5.97 Å². The number of ether oxygens (including phenoxy) is 1. The fourth-order valence-corrected chi connectivity index (χ4v) is 2.47. The van der Waals surface area contributed by atoms with Crippen molar-refractivity contribution in [2.75, 3.05) is 6.61 Å². The van der Waals surface area contributed by atoms with Crippen molar-refractivity contribution in [2.24, 2.45) is 11.3 Å². The Morgan fingerprint density at radius 3 is 2.44 bits per heavy atom. The predicted molar refractivity (Wildman–Crippen MR) is 66.2 cm³/mol. The SMILES string of the molecule is CCCC(C)(C)COC(=O)C1CCCCC1. The highest BCUT2D eigenvalue weighted by Crippen LogP contribution is 2.27. The number of hydrogen-bond donors (Lipinski definition) is 0. The monoisotopic (exact) mass is 226 g/mol. The van der Waals surface area contributed by atoms with E-state index in [2.05, 4.69) is 20.8 Å². The van der Waals surface area contributed by atoms with Crippen LogP contribution in [0.15, 0.2) is 0 Å². The van der Waals surface area contributed by atoms with Crippen LogP contribution in [0.5, 0.6) is 0 Å². The van der Waals surface area contributed by atoms with E-state index in [4.69, 9.17) is 4.74 Å². The van der Waals surface area contributed by atoms with Gasteiger partial charge in [0.15, 0.2) is 0 Å². The zero-order valence-corrected chi connectivity index (χ0v) is 11.1. The first kappa shape index (κ1) is 13.5. The molecule has 16 heavy (non-hydrogen) atoms. The summed E-state index contributed by atoms with van der Waals surface area (Å²) in [6, 6.07) is 0. The highest BCUT2D eigenvalue weighted by Gasteiger charge is 2.25. The van der Waals surface area contributed by atoms with E-state index >= 15 is 0 Å². The van der Waals surface area contributed by atoms with E-state index in [1.807, 2.05) is 0 Å². The molecule has 1 aliphatic rings. The summed E-state index contributed by atoms with van der Waals surface area (Å²) < 4.78 is 5.46. The van der Waals surface area contributed by atoms with Crippen LogP contribution in [0.1, 0.15) is 65.7 Å². The summed E-state index contributed by atoms with van der Waals surface area (Å²) >= 11 is 0. The lowest BCUT2D eigenvalue weighted by Crippen LogP contribution is -2.26. The second-order valence-corrected chi connectivity index (χ2v) is 5.86.